The molecule has 3 rings (SSSR count). The Kier molecular flexibility index (Phi) is 7.15. The molecular formula is C24H27NO3S. The first-order valence-corrected chi connectivity index (χ1v) is 11.0. The summed E-state index contributed by atoms with van der Waals surface area (Å²) in [6.07, 6.45) is 1.82. The summed E-state index contributed by atoms with van der Waals surface area (Å²) in [5.41, 5.74) is 2.38. The van der Waals surface area contributed by atoms with Gasteiger partial charge in [-0.25, -0.2) is 0 Å². The van der Waals surface area contributed by atoms with Crippen LogP contribution < -0.4 is 4.74 Å². The minimum atomic E-state index is -0.198. The maximum Gasteiger partial charge on any atom is 0.267 e. The zero-order valence-corrected chi connectivity index (χ0v) is 18.0. The van der Waals surface area contributed by atoms with Crippen molar-refractivity contribution in [2.75, 3.05) is 6.54 Å². The molecule has 0 N–H and O–H groups in total. The fourth-order valence-electron chi connectivity index (χ4n) is 3.16. The van der Waals surface area contributed by atoms with Crippen LogP contribution in [0.3, 0.4) is 0 Å². The van der Waals surface area contributed by atoms with Crippen LogP contribution in [0.1, 0.15) is 44.7 Å². The number of hydrogen-bond acceptors (Lipinski definition) is 4. The first kappa shape index (κ1) is 21.2. The second-order valence-corrected chi connectivity index (χ2v) is 8.27. The number of amides is 2. The third-order valence-corrected chi connectivity index (χ3v) is 5.75. The first-order valence-electron chi connectivity index (χ1n) is 10.1. The van der Waals surface area contributed by atoms with Gasteiger partial charge in [-0.2, -0.15) is 0 Å². The number of ether oxygens (including phenoxy) is 1. The summed E-state index contributed by atoms with van der Waals surface area (Å²) in [7, 11) is 0. The highest BCUT2D eigenvalue weighted by molar-refractivity contribution is 8.03. The van der Waals surface area contributed by atoms with Gasteiger partial charge in [-0.05, 0) is 43.5 Å². The molecule has 1 aliphatic rings. The molecule has 1 heterocycles. The number of nitrogens with zero attached hydrogens (tertiary/aromatic N) is 1. The van der Waals surface area contributed by atoms with E-state index in [2.05, 4.69) is 6.92 Å². The SMILES string of the molecule is CCCCN1C(=O)C(SCc2ccccc2)=C(c2ccc(OC(C)C)cc2)C1=O. The van der Waals surface area contributed by atoms with Crippen LogP contribution in [0.2, 0.25) is 0 Å². The molecule has 2 amide bonds. The number of unbranched alkanes of at least 4 members (excludes halogenated alkanes) is 1. The Morgan fingerprint density at radius 1 is 0.966 bits per heavy atom. The zero-order chi connectivity index (χ0) is 20.8. The molecule has 2 aromatic rings. The van der Waals surface area contributed by atoms with Crippen LogP contribution in [0, 0.1) is 0 Å². The number of hydrogen-bond donors (Lipinski definition) is 0. The lowest BCUT2D eigenvalue weighted by Gasteiger charge is -2.14. The molecule has 4 nitrogen and oxygen atoms in total. The molecule has 0 saturated carbocycles. The van der Waals surface area contributed by atoms with E-state index in [-0.39, 0.29) is 17.9 Å². The molecule has 152 valence electrons. The van der Waals surface area contributed by atoms with E-state index in [0.717, 1.165) is 29.7 Å². The maximum absolute atomic E-state index is 13.1. The maximum atomic E-state index is 13.1. The van der Waals surface area contributed by atoms with E-state index in [1.807, 2.05) is 68.4 Å². The van der Waals surface area contributed by atoms with Crippen LogP contribution in [0.15, 0.2) is 59.5 Å². The van der Waals surface area contributed by atoms with Crippen LogP contribution >= 0.6 is 11.8 Å². The molecule has 5 heteroatoms. The zero-order valence-electron chi connectivity index (χ0n) is 17.2. The van der Waals surface area contributed by atoms with Gasteiger partial charge in [-0.3, -0.25) is 14.5 Å². The van der Waals surface area contributed by atoms with Crippen molar-refractivity contribution >= 4 is 29.1 Å². The minimum absolute atomic E-state index is 0.0799. The molecule has 0 saturated heterocycles. The Morgan fingerprint density at radius 2 is 1.66 bits per heavy atom. The summed E-state index contributed by atoms with van der Waals surface area (Å²) in [5, 5.41) is 0. The van der Waals surface area contributed by atoms with Gasteiger partial charge in [-0.15, -0.1) is 11.8 Å². The number of carbonyl (C=O) groups excluding carboxylic acids is 2. The van der Waals surface area contributed by atoms with Gasteiger partial charge in [-0.1, -0.05) is 55.8 Å². The molecule has 2 aromatic carbocycles. The average Bonchev–Trinajstić information content (AvgIpc) is 2.95. The molecule has 0 aromatic heterocycles. The van der Waals surface area contributed by atoms with Crippen molar-refractivity contribution in [3.05, 3.63) is 70.6 Å². The average molecular weight is 410 g/mol. The van der Waals surface area contributed by atoms with Gasteiger partial charge in [0.25, 0.3) is 11.8 Å². The Hall–Kier alpha value is -2.53. The molecule has 1 aliphatic heterocycles. The fraction of sp³-hybridized carbons (Fsp3) is 0.333. The predicted molar refractivity (Wildman–Crippen MR) is 118 cm³/mol. The lowest BCUT2D eigenvalue weighted by Crippen LogP contribution is -2.32. The second kappa shape index (κ2) is 9.79. The molecule has 0 bridgehead atoms. The van der Waals surface area contributed by atoms with Crippen LogP contribution in [0.5, 0.6) is 5.75 Å². The van der Waals surface area contributed by atoms with E-state index in [1.165, 1.54) is 16.7 Å². The lowest BCUT2D eigenvalue weighted by molar-refractivity contribution is -0.136. The highest BCUT2D eigenvalue weighted by Gasteiger charge is 2.38. The van der Waals surface area contributed by atoms with E-state index in [0.29, 0.717) is 22.8 Å². The summed E-state index contributed by atoms with van der Waals surface area (Å²) in [5.74, 6) is 1.02. The van der Waals surface area contributed by atoms with Gasteiger partial charge in [0.05, 0.1) is 16.6 Å². The molecule has 0 radical (unpaired) electrons. The third-order valence-electron chi connectivity index (χ3n) is 4.60. The normalized spacial score (nSPS) is 14.3. The summed E-state index contributed by atoms with van der Waals surface area (Å²) in [6, 6.07) is 17.4. The van der Waals surface area contributed by atoms with Crippen LogP contribution in [-0.2, 0) is 15.3 Å². The van der Waals surface area contributed by atoms with Crippen LogP contribution in [0.25, 0.3) is 5.57 Å². The van der Waals surface area contributed by atoms with Crippen molar-refractivity contribution in [1.82, 2.24) is 4.90 Å². The van der Waals surface area contributed by atoms with E-state index in [1.54, 1.807) is 0 Å². The van der Waals surface area contributed by atoms with E-state index >= 15 is 0 Å². The fourth-order valence-corrected chi connectivity index (χ4v) is 4.25. The summed E-state index contributed by atoms with van der Waals surface area (Å²) >= 11 is 1.44. The van der Waals surface area contributed by atoms with E-state index < -0.39 is 0 Å². The standard InChI is InChI=1S/C24H27NO3S/c1-4-5-15-25-23(26)21(19-11-13-20(14-12-19)28-17(2)3)22(24(25)27)29-16-18-9-7-6-8-10-18/h6-14,17H,4-5,15-16H2,1-3H3. The highest BCUT2D eigenvalue weighted by atomic mass is 32.2. The van der Waals surface area contributed by atoms with Gasteiger partial charge in [0.1, 0.15) is 5.75 Å². The van der Waals surface area contributed by atoms with Gasteiger partial charge >= 0.3 is 0 Å². The smallest absolute Gasteiger partial charge is 0.267 e. The second-order valence-electron chi connectivity index (χ2n) is 7.28. The van der Waals surface area contributed by atoms with Crippen molar-refractivity contribution in [2.24, 2.45) is 0 Å². The Balaban J connectivity index is 1.90. The van der Waals surface area contributed by atoms with Crippen LogP contribution in [0.4, 0.5) is 0 Å². The van der Waals surface area contributed by atoms with E-state index in [9.17, 15) is 9.59 Å². The van der Waals surface area contributed by atoms with Crippen LogP contribution in [-0.4, -0.2) is 29.4 Å². The lowest BCUT2D eigenvalue weighted by atomic mass is 10.1. The molecule has 0 atom stereocenters. The number of benzene rings is 2. The molecule has 0 fully saturated rings. The number of rotatable bonds is 9. The molecular weight excluding hydrogens is 382 g/mol. The molecule has 0 spiro atoms. The molecule has 0 aliphatic carbocycles. The van der Waals surface area contributed by atoms with Gasteiger partial charge in [0.15, 0.2) is 0 Å². The number of thioether (sulfide) groups is 1. The van der Waals surface area contributed by atoms with Crippen molar-refractivity contribution < 1.29 is 14.3 Å². The summed E-state index contributed by atoms with van der Waals surface area (Å²) in [6.45, 7) is 6.46. The van der Waals surface area contributed by atoms with Crippen molar-refractivity contribution in [3.8, 4) is 5.75 Å². The third kappa shape index (κ3) is 5.10. The van der Waals surface area contributed by atoms with E-state index in [4.69, 9.17) is 4.74 Å². The molecule has 0 unspecified atom stereocenters. The van der Waals surface area contributed by atoms with Crippen molar-refractivity contribution in [1.29, 1.82) is 0 Å². The summed E-state index contributed by atoms with van der Waals surface area (Å²) < 4.78 is 5.70. The number of imide groups is 1. The Bertz CT molecular complexity index is 888. The monoisotopic (exact) mass is 409 g/mol. The van der Waals surface area contributed by atoms with Gasteiger partial charge in [0.2, 0.25) is 0 Å². The van der Waals surface area contributed by atoms with Gasteiger partial charge in [0, 0.05) is 12.3 Å². The largest absolute Gasteiger partial charge is 0.491 e. The van der Waals surface area contributed by atoms with Gasteiger partial charge < -0.3 is 4.74 Å². The van der Waals surface area contributed by atoms with Crippen molar-refractivity contribution in [2.45, 2.75) is 45.5 Å². The first-order chi connectivity index (χ1) is 14.0. The highest BCUT2D eigenvalue weighted by Crippen LogP contribution is 2.38. The van der Waals surface area contributed by atoms with Crippen molar-refractivity contribution in [3.63, 3.8) is 0 Å². The minimum Gasteiger partial charge on any atom is -0.491 e. The molecule has 29 heavy (non-hydrogen) atoms. The quantitative estimate of drug-likeness (QED) is 0.528. The Labute approximate surface area is 176 Å². The summed E-state index contributed by atoms with van der Waals surface area (Å²) in [4.78, 5) is 28.1. The number of carbonyl (C=O) groups is 2. The Morgan fingerprint density at radius 3 is 2.28 bits per heavy atom. The topological polar surface area (TPSA) is 46.6 Å². The predicted octanol–water partition coefficient (Wildman–Crippen LogP) is 5.29.